The van der Waals surface area contributed by atoms with Crippen molar-refractivity contribution in [2.24, 2.45) is 11.3 Å². The molecule has 0 bridgehead atoms. The van der Waals surface area contributed by atoms with Gasteiger partial charge in [-0.15, -0.1) is 0 Å². The summed E-state index contributed by atoms with van der Waals surface area (Å²) in [5.74, 6) is 1.48. The Kier molecular flexibility index (Phi) is 2.84. The second kappa shape index (κ2) is 4.40. The number of nitrogens with zero attached hydrogens (tertiary/aromatic N) is 1. The first kappa shape index (κ1) is 12.3. The Bertz CT molecular complexity index is 507. The van der Waals surface area contributed by atoms with Gasteiger partial charge in [-0.05, 0) is 43.1 Å². The fourth-order valence-corrected chi connectivity index (χ4v) is 2.80. The first-order valence-corrected chi connectivity index (χ1v) is 6.71. The third-order valence-corrected chi connectivity index (χ3v) is 4.37. The summed E-state index contributed by atoms with van der Waals surface area (Å²) in [5, 5.41) is 14.3. The van der Waals surface area contributed by atoms with Crippen LogP contribution in [0.15, 0.2) is 18.2 Å². The summed E-state index contributed by atoms with van der Waals surface area (Å²) in [4.78, 5) is 10.7. The van der Waals surface area contributed by atoms with Gasteiger partial charge in [0.15, 0.2) is 0 Å². The second-order valence-electron chi connectivity index (χ2n) is 5.63. The predicted molar refractivity (Wildman–Crippen MR) is 72.5 cm³/mol. The molecule has 5 heteroatoms. The number of ether oxygens (including phenoxy) is 1. The number of hydrogen-bond acceptors (Lipinski definition) is 4. The monoisotopic (exact) mass is 262 g/mol. The first-order chi connectivity index (χ1) is 9.14. The van der Waals surface area contributed by atoms with E-state index < -0.39 is 0 Å². The van der Waals surface area contributed by atoms with Crippen molar-refractivity contribution in [2.75, 3.05) is 19.0 Å². The van der Waals surface area contributed by atoms with E-state index in [-0.39, 0.29) is 10.6 Å². The minimum absolute atomic E-state index is 0.118. The molecule has 1 aromatic rings. The fraction of sp³-hybridized carbons (Fsp3) is 0.571. The van der Waals surface area contributed by atoms with Gasteiger partial charge in [-0.2, -0.15) is 0 Å². The van der Waals surface area contributed by atoms with Crippen molar-refractivity contribution in [3.8, 4) is 5.75 Å². The van der Waals surface area contributed by atoms with Crippen molar-refractivity contribution in [1.29, 1.82) is 0 Å². The molecule has 3 rings (SSSR count). The normalized spacial score (nSPS) is 19.8. The van der Waals surface area contributed by atoms with Crippen LogP contribution in [0.4, 0.5) is 11.4 Å². The largest absolute Gasteiger partial charge is 0.497 e. The van der Waals surface area contributed by atoms with Crippen LogP contribution in [-0.2, 0) is 0 Å². The SMILES string of the molecule is COc1ccc([N+](=O)[O-])c(NCC2(C3CC3)CC2)c1. The van der Waals surface area contributed by atoms with Gasteiger partial charge in [0.25, 0.3) is 5.69 Å². The fourth-order valence-electron chi connectivity index (χ4n) is 2.80. The smallest absolute Gasteiger partial charge is 0.292 e. The van der Waals surface area contributed by atoms with Crippen molar-refractivity contribution in [1.82, 2.24) is 0 Å². The summed E-state index contributed by atoms with van der Waals surface area (Å²) < 4.78 is 5.13. The zero-order valence-electron chi connectivity index (χ0n) is 11.0. The average Bonchev–Trinajstić information content (AvgIpc) is 3.28. The molecule has 2 fully saturated rings. The van der Waals surface area contributed by atoms with E-state index in [2.05, 4.69) is 5.32 Å². The second-order valence-corrected chi connectivity index (χ2v) is 5.63. The van der Waals surface area contributed by atoms with Crippen LogP contribution in [0.1, 0.15) is 25.7 Å². The number of nitro groups is 1. The van der Waals surface area contributed by atoms with E-state index in [9.17, 15) is 10.1 Å². The molecule has 0 aliphatic heterocycles. The van der Waals surface area contributed by atoms with E-state index in [4.69, 9.17) is 4.74 Å². The topological polar surface area (TPSA) is 64.4 Å². The minimum atomic E-state index is -0.349. The van der Waals surface area contributed by atoms with Gasteiger partial charge in [0.05, 0.1) is 12.0 Å². The molecular formula is C14H18N2O3. The summed E-state index contributed by atoms with van der Waals surface area (Å²) in [6.45, 7) is 0.839. The number of rotatable bonds is 6. The lowest BCUT2D eigenvalue weighted by Gasteiger charge is -2.16. The van der Waals surface area contributed by atoms with Gasteiger partial charge in [-0.3, -0.25) is 10.1 Å². The molecule has 2 saturated carbocycles. The molecule has 2 aliphatic carbocycles. The van der Waals surface area contributed by atoms with Gasteiger partial charge in [0, 0.05) is 18.7 Å². The van der Waals surface area contributed by atoms with E-state index in [1.54, 1.807) is 19.2 Å². The molecule has 0 radical (unpaired) electrons. The Morgan fingerprint density at radius 2 is 2.21 bits per heavy atom. The lowest BCUT2D eigenvalue weighted by atomic mass is 10.0. The molecule has 0 saturated heterocycles. The van der Waals surface area contributed by atoms with Crippen molar-refractivity contribution in [2.45, 2.75) is 25.7 Å². The van der Waals surface area contributed by atoms with Crippen LogP contribution >= 0.6 is 0 Å². The number of hydrogen-bond donors (Lipinski definition) is 1. The third-order valence-electron chi connectivity index (χ3n) is 4.37. The maximum absolute atomic E-state index is 11.0. The van der Waals surface area contributed by atoms with Crippen LogP contribution in [0.3, 0.4) is 0 Å². The van der Waals surface area contributed by atoms with Gasteiger partial charge in [0.2, 0.25) is 0 Å². The molecule has 19 heavy (non-hydrogen) atoms. The van der Waals surface area contributed by atoms with Crippen LogP contribution < -0.4 is 10.1 Å². The van der Waals surface area contributed by atoms with Gasteiger partial charge >= 0.3 is 0 Å². The molecule has 1 N–H and O–H groups in total. The molecule has 1 aromatic carbocycles. The number of anilines is 1. The average molecular weight is 262 g/mol. The van der Waals surface area contributed by atoms with E-state index in [1.165, 1.54) is 31.7 Å². The molecule has 0 spiro atoms. The van der Waals surface area contributed by atoms with Gasteiger partial charge < -0.3 is 10.1 Å². The lowest BCUT2D eigenvalue weighted by molar-refractivity contribution is -0.384. The summed E-state index contributed by atoms with van der Waals surface area (Å²) in [6, 6.07) is 4.83. The summed E-state index contributed by atoms with van der Waals surface area (Å²) >= 11 is 0. The molecule has 0 amide bonds. The third kappa shape index (κ3) is 2.37. The van der Waals surface area contributed by atoms with Crippen molar-refractivity contribution in [3.63, 3.8) is 0 Å². The maximum atomic E-state index is 11.0. The van der Waals surface area contributed by atoms with Crippen molar-refractivity contribution < 1.29 is 9.66 Å². The standard InChI is InChI=1S/C14H18N2O3/c1-19-11-4-5-13(16(17)18)12(8-11)15-9-14(6-7-14)10-2-3-10/h4-5,8,10,15H,2-3,6-7,9H2,1H3. The maximum Gasteiger partial charge on any atom is 0.292 e. The van der Waals surface area contributed by atoms with Gasteiger partial charge in [-0.1, -0.05) is 0 Å². The van der Waals surface area contributed by atoms with Gasteiger partial charge in [-0.25, -0.2) is 0 Å². The highest BCUT2D eigenvalue weighted by Gasteiger charge is 2.53. The summed E-state index contributed by atoms with van der Waals surface area (Å²) in [6.07, 6.45) is 5.15. The van der Waals surface area contributed by atoms with Crippen molar-refractivity contribution >= 4 is 11.4 Å². The number of benzene rings is 1. The van der Waals surface area contributed by atoms with Crippen LogP contribution in [0.2, 0.25) is 0 Å². The van der Waals surface area contributed by atoms with Crippen LogP contribution in [0.5, 0.6) is 5.75 Å². The predicted octanol–water partition coefficient (Wildman–Crippen LogP) is 3.21. The molecule has 5 nitrogen and oxygen atoms in total. The highest BCUT2D eigenvalue weighted by Crippen LogP contribution is 2.61. The molecule has 0 heterocycles. The summed E-state index contributed by atoms with van der Waals surface area (Å²) in [7, 11) is 1.57. The van der Waals surface area contributed by atoms with Crippen molar-refractivity contribution in [3.05, 3.63) is 28.3 Å². The zero-order valence-corrected chi connectivity index (χ0v) is 11.0. The van der Waals surface area contributed by atoms with Gasteiger partial charge in [0.1, 0.15) is 11.4 Å². The Labute approximate surface area is 112 Å². The Morgan fingerprint density at radius 3 is 2.74 bits per heavy atom. The molecule has 0 atom stereocenters. The Morgan fingerprint density at radius 1 is 1.47 bits per heavy atom. The number of methoxy groups -OCH3 is 1. The highest BCUT2D eigenvalue weighted by molar-refractivity contribution is 5.64. The van der Waals surface area contributed by atoms with E-state index in [0.717, 1.165) is 12.5 Å². The first-order valence-electron chi connectivity index (χ1n) is 6.71. The number of nitrogens with one attached hydrogen (secondary N) is 1. The highest BCUT2D eigenvalue weighted by atomic mass is 16.6. The lowest BCUT2D eigenvalue weighted by Crippen LogP contribution is -2.18. The Balaban J connectivity index is 1.76. The van der Waals surface area contributed by atoms with E-state index in [0.29, 0.717) is 16.9 Å². The zero-order chi connectivity index (χ0) is 13.5. The molecule has 2 aliphatic rings. The van der Waals surface area contributed by atoms with Crippen LogP contribution in [-0.4, -0.2) is 18.6 Å². The molecular weight excluding hydrogens is 244 g/mol. The Hall–Kier alpha value is -1.78. The molecule has 102 valence electrons. The number of nitro benzene ring substituents is 1. The molecule has 0 unspecified atom stereocenters. The summed E-state index contributed by atoms with van der Waals surface area (Å²) in [5.41, 5.74) is 1.10. The quantitative estimate of drug-likeness (QED) is 0.631. The minimum Gasteiger partial charge on any atom is -0.497 e. The van der Waals surface area contributed by atoms with Crippen LogP contribution in [0.25, 0.3) is 0 Å². The van der Waals surface area contributed by atoms with E-state index >= 15 is 0 Å². The van der Waals surface area contributed by atoms with Crippen LogP contribution in [0, 0.1) is 21.4 Å². The molecule has 0 aromatic heterocycles. The van der Waals surface area contributed by atoms with E-state index in [1.807, 2.05) is 0 Å².